The minimum Gasteiger partial charge on any atom is -0.342 e. The van der Waals surface area contributed by atoms with Crippen LogP contribution in [0, 0.1) is 11.7 Å². The molecule has 1 fully saturated rings. The number of amides is 2. The lowest BCUT2D eigenvalue weighted by atomic mass is 9.95. The van der Waals surface area contributed by atoms with Gasteiger partial charge in [0.15, 0.2) is 0 Å². The minimum absolute atomic E-state index is 0.0935. The number of hydrogen-bond acceptors (Lipinski definition) is 3. The van der Waals surface area contributed by atoms with Crippen LogP contribution in [0.1, 0.15) is 44.4 Å². The van der Waals surface area contributed by atoms with Crippen LogP contribution < -0.4 is 5.32 Å². The maximum Gasteiger partial charge on any atom is 0.247 e. The number of benzene rings is 1. The molecule has 3 aromatic rings. The van der Waals surface area contributed by atoms with Gasteiger partial charge in [-0.15, -0.1) is 0 Å². The van der Waals surface area contributed by atoms with E-state index in [4.69, 9.17) is 0 Å². The van der Waals surface area contributed by atoms with Crippen LogP contribution in [-0.4, -0.2) is 44.7 Å². The molecule has 0 bridgehead atoms. The van der Waals surface area contributed by atoms with Gasteiger partial charge >= 0.3 is 0 Å². The average molecular weight is 451 g/mol. The number of carbonyl (C=O) groups is 2. The van der Waals surface area contributed by atoms with E-state index in [9.17, 15) is 14.0 Å². The lowest BCUT2D eigenvalue weighted by Gasteiger charge is -2.32. The summed E-state index contributed by atoms with van der Waals surface area (Å²) in [7, 11) is 0. The summed E-state index contributed by atoms with van der Waals surface area (Å²) < 4.78 is 16.0. The Balaban J connectivity index is 1.34. The average Bonchev–Trinajstić information content (AvgIpc) is 3.15. The van der Waals surface area contributed by atoms with E-state index in [2.05, 4.69) is 20.8 Å². The third kappa shape index (κ3) is 5.41. The fourth-order valence-corrected chi connectivity index (χ4v) is 4.69. The van der Waals surface area contributed by atoms with Crippen LogP contribution in [0.2, 0.25) is 0 Å². The van der Waals surface area contributed by atoms with E-state index >= 15 is 0 Å². The summed E-state index contributed by atoms with van der Waals surface area (Å²) in [5, 5.41) is 2.81. The zero-order chi connectivity index (χ0) is 23.4. The van der Waals surface area contributed by atoms with E-state index in [1.165, 1.54) is 6.07 Å². The van der Waals surface area contributed by atoms with Gasteiger partial charge in [0.05, 0.1) is 17.6 Å². The number of likely N-dealkylation sites (tertiary alicyclic amines) is 1. The molecule has 3 heterocycles. The largest absolute Gasteiger partial charge is 0.342 e. The Bertz CT molecular complexity index is 1140. The second kappa shape index (κ2) is 9.73. The molecule has 1 aromatic carbocycles. The quantitative estimate of drug-likeness (QED) is 0.622. The summed E-state index contributed by atoms with van der Waals surface area (Å²) in [6.45, 7) is 4.76. The summed E-state index contributed by atoms with van der Waals surface area (Å²) in [4.78, 5) is 32.2. The Morgan fingerprint density at radius 3 is 2.76 bits per heavy atom. The van der Waals surface area contributed by atoms with E-state index in [0.717, 1.165) is 36.9 Å². The SMILES string of the molecule is CC(C)(NC(=O)Cc1ccccc1F)C(=O)N1CCC[C@@H](Cc2nccn3cccc23)CC1. The second-order valence-corrected chi connectivity index (χ2v) is 9.41. The fraction of sp³-hybridized carbons (Fsp3) is 0.423. The molecule has 1 N–H and O–H groups in total. The predicted octanol–water partition coefficient (Wildman–Crippen LogP) is 3.78. The molecule has 7 heteroatoms. The molecule has 2 amide bonds. The molecule has 33 heavy (non-hydrogen) atoms. The zero-order valence-corrected chi connectivity index (χ0v) is 19.3. The highest BCUT2D eigenvalue weighted by atomic mass is 19.1. The van der Waals surface area contributed by atoms with Crippen molar-refractivity contribution in [2.75, 3.05) is 13.1 Å². The molecule has 1 atom stereocenters. The monoisotopic (exact) mass is 450 g/mol. The number of carbonyl (C=O) groups excluding carboxylic acids is 2. The van der Waals surface area contributed by atoms with Crippen molar-refractivity contribution in [2.45, 2.75) is 51.5 Å². The predicted molar refractivity (Wildman–Crippen MR) is 125 cm³/mol. The van der Waals surface area contributed by atoms with Crippen LogP contribution >= 0.6 is 0 Å². The lowest BCUT2D eigenvalue weighted by Crippen LogP contribution is -2.56. The third-order valence-corrected chi connectivity index (χ3v) is 6.44. The summed E-state index contributed by atoms with van der Waals surface area (Å²) in [5.41, 5.74) is 1.49. The normalized spacial score (nSPS) is 17.1. The van der Waals surface area contributed by atoms with E-state index in [1.807, 2.05) is 29.6 Å². The van der Waals surface area contributed by atoms with Crippen molar-refractivity contribution >= 4 is 17.3 Å². The van der Waals surface area contributed by atoms with Gasteiger partial charge in [0.25, 0.3) is 0 Å². The van der Waals surface area contributed by atoms with Crippen LogP contribution in [0.25, 0.3) is 5.52 Å². The van der Waals surface area contributed by atoms with E-state index in [0.29, 0.717) is 24.6 Å². The minimum atomic E-state index is -1.05. The Morgan fingerprint density at radius 2 is 1.94 bits per heavy atom. The van der Waals surface area contributed by atoms with Gasteiger partial charge in [0, 0.05) is 31.7 Å². The van der Waals surface area contributed by atoms with Gasteiger partial charge in [-0.2, -0.15) is 0 Å². The Morgan fingerprint density at radius 1 is 1.12 bits per heavy atom. The number of aromatic nitrogens is 2. The van der Waals surface area contributed by atoms with Gasteiger partial charge in [-0.05, 0) is 69.2 Å². The van der Waals surface area contributed by atoms with E-state index in [1.54, 1.807) is 32.0 Å². The van der Waals surface area contributed by atoms with Gasteiger partial charge in [-0.3, -0.25) is 14.6 Å². The van der Waals surface area contributed by atoms with E-state index in [-0.39, 0.29) is 18.2 Å². The van der Waals surface area contributed by atoms with Gasteiger partial charge in [0.2, 0.25) is 11.8 Å². The van der Waals surface area contributed by atoms with Crippen LogP contribution in [0.3, 0.4) is 0 Å². The topological polar surface area (TPSA) is 66.7 Å². The van der Waals surface area contributed by atoms with Gasteiger partial charge in [0.1, 0.15) is 11.4 Å². The summed E-state index contributed by atoms with van der Waals surface area (Å²) >= 11 is 0. The molecule has 6 nitrogen and oxygen atoms in total. The Hall–Kier alpha value is -3.22. The number of hydrogen-bond donors (Lipinski definition) is 1. The first-order valence-corrected chi connectivity index (χ1v) is 11.6. The first kappa shape index (κ1) is 23.0. The fourth-order valence-electron chi connectivity index (χ4n) is 4.69. The van der Waals surface area contributed by atoms with Crippen molar-refractivity contribution in [1.29, 1.82) is 0 Å². The second-order valence-electron chi connectivity index (χ2n) is 9.41. The summed E-state index contributed by atoms with van der Waals surface area (Å²) in [6, 6.07) is 10.3. The smallest absolute Gasteiger partial charge is 0.247 e. The molecule has 1 saturated heterocycles. The highest BCUT2D eigenvalue weighted by molar-refractivity contribution is 5.91. The number of halogens is 1. The number of fused-ring (bicyclic) bond motifs is 1. The molecule has 0 radical (unpaired) electrons. The first-order valence-electron chi connectivity index (χ1n) is 11.6. The molecular formula is C26H31FN4O2. The Kier molecular flexibility index (Phi) is 6.77. The molecular weight excluding hydrogens is 419 g/mol. The molecule has 4 rings (SSSR count). The van der Waals surface area contributed by atoms with Crippen molar-refractivity contribution in [3.05, 3.63) is 72.1 Å². The highest BCUT2D eigenvalue weighted by Crippen LogP contribution is 2.24. The van der Waals surface area contributed by atoms with E-state index < -0.39 is 11.4 Å². The maximum atomic E-state index is 13.9. The Labute approximate surface area is 193 Å². The standard InChI is InChI=1S/C26H31FN4O2/c1-26(2,29-24(32)18-20-8-3-4-9-21(20)27)25(33)31-14-5-7-19(11-15-31)17-22-23-10-6-13-30(23)16-12-28-22/h3-4,6,8-10,12-13,16,19H,5,7,11,14-15,17-18H2,1-2H3,(H,29,32)/t19-/m1/s1. The van der Waals surface area contributed by atoms with Crippen molar-refractivity contribution < 1.29 is 14.0 Å². The molecule has 1 aliphatic heterocycles. The van der Waals surface area contributed by atoms with Crippen molar-refractivity contribution in [3.8, 4) is 0 Å². The van der Waals surface area contributed by atoms with Crippen LogP contribution in [0.5, 0.6) is 0 Å². The maximum absolute atomic E-state index is 13.9. The summed E-state index contributed by atoms with van der Waals surface area (Å²) in [6.07, 6.45) is 9.46. The molecule has 0 spiro atoms. The van der Waals surface area contributed by atoms with Gasteiger partial charge < -0.3 is 14.6 Å². The van der Waals surface area contributed by atoms with Crippen molar-refractivity contribution in [1.82, 2.24) is 19.6 Å². The van der Waals surface area contributed by atoms with Crippen LogP contribution in [0.15, 0.2) is 55.0 Å². The van der Waals surface area contributed by atoms with Gasteiger partial charge in [-0.25, -0.2) is 4.39 Å². The van der Waals surface area contributed by atoms with Gasteiger partial charge in [-0.1, -0.05) is 18.2 Å². The van der Waals surface area contributed by atoms with Crippen LogP contribution in [0.4, 0.5) is 4.39 Å². The summed E-state index contributed by atoms with van der Waals surface area (Å²) in [5.74, 6) is -0.426. The van der Waals surface area contributed by atoms with Crippen LogP contribution in [-0.2, 0) is 22.4 Å². The zero-order valence-electron chi connectivity index (χ0n) is 19.3. The number of nitrogens with one attached hydrogen (secondary N) is 1. The highest BCUT2D eigenvalue weighted by Gasteiger charge is 2.34. The molecule has 174 valence electrons. The number of rotatable bonds is 6. The molecule has 0 saturated carbocycles. The molecule has 2 aromatic heterocycles. The number of nitrogens with zero attached hydrogens (tertiary/aromatic N) is 3. The first-order chi connectivity index (χ1) is 15.8. The van der Waals surface area contributed by atoms with Crippen molar-refractivity contribution in [3.63, 3.8) is 0 Å². The third-order valence-electron chi connectivity index (χ3n) is 6.44. The van der Waals surface area contributed by atoms with Crippen molar-refractivity contribution in [2.24, 2.45) is 5.92 Å². The molecule has 0 aliphatic carbocycles. The molecule has 0 unspecified atom stereocenters. The lowest BCUT2D eigenvalue weighted by molar-refractivity contribution is -0.140. The molecule has 1 aliphatic rings.